The quantitative estimate of drug-likeness (QED) is 0.131. The fraction of sp³-hybridized carbons (Fsp3) is 0.273. The van der Waals surface area contributed by atoms with Crippen LogP contribution >= 0.6 is 24.8 Å². The van der Waals surface area contributed by atoms with Gasteiger partial charge in [-0.15, -0.1) is 81.8 Å². The van der Waals surface area contributed by atoms with E-state index in [-0.39, 0.29) is 50.5 Å². The summed E-state index contributed by atoms with van der Waals surface area (Å²) in [6.45, 7) is 20.8. The number of hydrogen-bond donors (Lipinski definition) is 0. The Morgan fingerprint density at radius 2 is 0.840 bits per heavy atom. The SMILES string of the molecule is COc1c(C(C)(C)C)cc2[cH-]c(C)cc2c1-c1ccccc1.COc1c(C(C)(C)C)cc2[cH-]c(C)cc2c1-c1ccccc1.Cl.Cl.[CH3-].[CH3-].[Si]=[Zr]. The van der Waals surface area contributed by atoms with Gasteiger partial charge in [-0.1, -0.05) is 116 Å². The van der Waals surface area contributed by atoms with Crippen molar-refractivity contribution in [2.45, 2.75) is 66.2 Å². The molecule has 2 nitrogen and oxygen atoms in total. The van der Waals surface area contributed by atoms with Crippen molar-refractivity contribution in [1.29, 1.82) is 0 Å². The van der Waals surface area contributed by atoms with Gasteiger partial charge in [0.1, 0.15) is 11.5 Å². The summed E-state index contributed by atoms with van der Waals surface area (Å²) in [5.74, 6) is 1.99. The number of benzene rings is 4. The van der Waals surface area contributed by atoms with E-state index in [4.69, 9.17) is 9.47 Å². The molecule has 0 atom stereocenters. The number of rotatable bonds is 4. The van der Waals surface area contributed by atoms with Gasteiger partial charge in [-0.05, 0) is 44.2 Å². The zero-order valence-electron chi connectivity index (χ0n) is 31.9. The summed E-state index contributed by atoms with van der Waals surface area (Å²) < 4.78 is 11.7. The molecule has 0 unspecified atom stereocenters. The second-order valence-corrected chi connectivity index (χ2v) is 14.0. The Kier molecular flexibility index (Phi) is 18.8. The molecule has 0 saturated heterocycles. The maximum atomic E-state index is 5.87. The molecule has 0 N–H and O–H groups in total. The molecule has 0 aliphatic rings. The van der Waals surface area contributed by atoms with Gasteiger partial charge < -0.3 is 24.3 Å². The topological polar surface area (TPSA) is 18.5 Å². The van der Waals surface area contributed by atoms with Crippen molar-refractivity contribution < 1.29 is 32.8 Å². The number of fused-ring (bicyclic) bond motifs is 2. The maximum absolute atomic E-state index is 5.87. The van der Waals surface area contributed by atoms with Gasteiger partial charge in [0.25, 0.3) is 0 Å². The summed E-state index contributed by atoms with van der Waals surface area (Å²) in [5, 5.41) is 5.13. The molecule has 0 fully saturated rings. The summed E-state index contributed by atoms with van der Waals surface area (Å²) in [7, 11) is 3.55. The second-order valence-electron chi connectivity index (χ2n) is 14.0. The average Bonchev–Trinajstić information content (AvgIpc) is 3.60. The van der Waals surface area contributed by atoms with E-state index in [9.17, 15) is 0 Å². The summed E-state index contributed by atoms with van der Waals surface area (Å²) >= 11 is 1.36. The van der Waals surface area contributed by atoms with Crippen molar-refractivity contribution in [3.63, 3.8) is 0 Å². The van der Waals surface area contributed by atoms with E-state index in [1.165, 1.54) is 89.4 Å². The van der Waals surface area contributed by atoms with Gasteiger partial charge in [0.15, 0.2) is 0 Å². The molecular formula is C44H54Cl2O2SiZr-4. The molecule has 0 aromatic heterocycles. The number of ether oxygens (including phenoxy) is 2. The van der Waals surface area contributed by atoms with Crippen molar-refractivity contribution in [2.24, 2.45) is 0 Å². The fourth-order valence-electron chi connectivity index (χ4n) is 6.30. The summed E-state index contributed by atoms with van der Waals surface area (Å²) in [5.41, 5.74) is 10.0. The van der Waals surface area contributed by atoms with Crippen LogP contribution in [0.2, 0.25) is 0 Å². The number of halogens is 2. The molecule has 0 saturated carbocycles. The second kappa shape index (κ2) is 19.8. The van der Waals surface area contributed by atoms with Crippen LogP contribution in [0.4, 0.5) is 0 Å². The van der Waals surface area contributed by atoms with Crippen LogP contribution in [0.1, 0.15) is 63.8 Å². The van der Waals surface area contributed by atoms with E-state index in [1.54, 1.807) is 14.2 Å². The zero-order chi connectivity index (χ0) is 33.8. The summed E-state index contributed by atoms with van der Waals surface area (Å²) in [4.78, 5) is 0. The third kappa shape index (κ3) is 10.3. The normalized spacial score (nSPS) is 10.5. The van der Waals surface area contributed by atoms with Crippen LogP contribution in [-0.4, -0.2) is 21.1 Å². The van der Waals surface area contributed by atoms with Gasteiger partial charge in [0, 0.05) is 0 Å². The molecule has 6 aromatic rings. The fourth-order valence-corrected chi connectivity index (χ4v) is 6.30. The molecule has 50 heavy (non-hydrogen) atoms. The monoisotopic (exact) mass is 802 g/mol. The molecule has 0 bridgehead atoms. The van der Waals surface area contributed by atoms with E-state index in [0.29, 0.717) is 0 Å². The van der Waals surface area contributed by atoms with Crippen molar-refractivity contribution in [2.75, 3.05) is 14.2 Å². The van der Waals surface area contributed by atoms with Crippen LogP contribution in [0.5, 0.6) is 11.5 Å². The molecular weight excluding hydrogens is 751 g/mol. The average molecular weight is 805 g/mol. The van der Waals surface area contributed by atoms with Crippen molar-refractivity contribution in [3.05, 3.63) is 134 Å². The Labute approximate surface area is 332 Å². The van der Waals surface area contributed by atoms with Gasteiger partial charge >= 0.3 is 30.2 Å². The molecule has 0 amide bonds. The first-order valence-corrected chi connectivity index (χ1v) is 19.9. The van der Waals surface area contributed by atoms with Crippen LogP contribution in [0.15, 0.2) is 97.1 Å². The van der Waals surface area contributed by atoms with Crippen molar-refractivity contribution >= 4 is 53.2 Å². The molecule has 0 heterocycles. The van der Waals surface area contributed by atoms with E-state index in [2.05, 4.69) is 159 Å². The Balaban J connectivity index is 0.000000850. The Bertz CT molecular complexity index is 1790. The van der Waals surface area contributed by atoms with Gasteiger partial charge in [0.05, 0.1) is 14.2 Å². The van der Waals surface area contributed by atoms with Crippen molar-refractivity contribution in [3.8, 4) is 33.8 Å². The first-order valence-electron chi connectivity index (χ1n) is 15.8. The van der Waals surface area contributed by atoms with Crippen LogP contribution in [-0.2, 0) is 34.2 Å². The molecule has 0 aliphatic heterocycles. The van der Waals surface area contributed by atoms with Gasteiger partial charge in [-0.2, -0.15) is 12.1 Å². The summed E-state index contributed by atoms with van der Waals surface area (Å²) in [6, 6.07) is 34.7. The minimum absolute atomic E-state index is 0. The third-order valence-corrected chi connectivity index (χ3v) is 8.36. The predicted octanol–water partition coefficient (Wildman–Crippen LogP) is 13.0. The summed E-state index contributed by atoms with van der Waals surface area (Å²) in [6.07, 6.45) is 0. The predicted molar refractivity (Wildman–Crippen MR) is 223 cm³/mol. The minimum atomic E-state index is 0. The number of methoxy groups -OCH3 is 2. The number of hydrogen-bond acceptors (Lipinski definition) is 2. The van der Waals surface area contributed by atoms with E-state index in [1.807, 2.05) is 0 Å². The molecule has 6 rings (SSSR count). The standard InChI is InChI=1S/2C21H23O.2CH3.2ClH.Si.Zr/c2*1-14-11-16-13-18(21(2,3)4)20(22-5)19(17(16)12-14)15-9-7-6-8-10-15;;;;;;/h2*6-13H,1-5H3;2*1H3;2*1H;;/q4*-1;;;;. The van der Waals surface area contributed by atoms with Crippen LogP contribution < -0.4 is 9.47 Å². The molecule has 6 aromatic carbocycles. The molecule has 0 spiro atoms. The third-order valence-electron chi connectivity index (χ3n) is 8.36. The Hall–Kier alpha value is -2.62. The van der Waals surface area contributed by atoms with Crippen LogP contribution in [0.25, 0.3) is 43.8 Å². The van der Waals surface area contributed by atoms with E-state index >= 15 is 0 Å². The molecule has 6 heteroatoms. The van der Waals surface area contributed by atoms with Crippen LogP contribution in [0.3, 0.4) is 0 Å². The first-order chi connectivity index (χ1) is 21.8. The molecule has 268 valence electrons. The van der Waals surface area contributed by atoms with Gasteiger partial charge in [0.2, 0.25) is 0 Å². The molecule has 2 radical (unpaired) electrons. The van der Waals surface area contributed by atoms with Crippen molar-refractivity contribution in [1.82, 2.24) is 0 Å². The van der Waals surface area contributed by atoms with Crippen LogP contribution in [0, 0.1) is 28.7 Å². The van der Waals surface area contributed by atoms with Gasteiger partial charge in [-0.25, -0.2) is 0 Å². The van der Waals surface area contributed by atoms with E-state index < -0.39 is 0 Å². The first kappa shape index (κ1) is 47.4. The number of aryl methyl sites for hydroxylation is 2. The van der Waals surface area contributed by atoms with Gasteiger partial charge in [-0.3, -0.25) is 0 Å². The van der Waals surface area contributed by atoms with E-state index in [0.717, 1.165) is 11.5 Å². The molecule has 0 aliphatic carbocycles. The Morgan fingerprint density at radius 1 is 0.540 bits per heavy atom. The Morgan fingerprint density at radius 3 is 1.10 bits per heavy atom. The zero-order valence-corrected chi connectivity index (χ0v) is 37.0.